The van der Waals surface area contributed by atoms with Crippen molar-refractivity contribution in [3.63, 3.8) is 0 Å². The largest absolute Gasteiger partial charge is 0.497 e. The molecule has 0 spiro atoms. The number of thioether (sulfide) groups is 1. The minimum absolute atomic E-state index is 0.0561. The summed E-state index contributed by atoms with van der Waals surface area (Å²) in [6.07, 6.45) is 0.803. The normalized spacial score (nSPS) is 11.8. The van der Waals surface area contributed by atoms with Gasteiger partial charge >= 0.3 is 0 Å². The van der Waals surface area contributed by atoms with Crippen LogP contribution in [0, 0.1) is 0 Å². The molecule has 0 aromatic heterocycles. The lowest BCUT2D eigenvalue weighted by molar-refractivity contribution is -0.120. The van der Waals surface area contributed by atoms with Crippen molar-refractivity contribution >= 4 is 29.3 Å². The fourth-order valence-corrected chi connectivity index (χ4v) is 3.37. The molecule has 0 fully saturated rings. The van der Waals surface area contributed by atoms with Gasteiger partial charge in [0, 0.05) is 17.3 Å². The summed E-state index contributed by atoms with van der Waals surface area (Å²) in [5.74, 6) is 1.63. The van der Waals surface area contributed by atoms with Gasteiger partial charge in [-0.2, -0.15) is 0 Å². The first-order chi connectivity index (χ1) is 11.6. The standard InChI is InChI=1S/C19H22ClNO2S/c1-14(24-13-16-5-3-4-6-18(16)20)19(22)21-12-11-15-7-9-17(23-2)10-8-15/h3-10,14H,11-13H2,1-2H3,(H,21,22). The summed E-state index contributed by atoms with van der Waals surface area (Å²) < 4.78 is 5.13. The molecule has 24 heavy (non-hydrogen) atoms. The molecule has 0 aliphatic carbocycles. The number of hydrogen-bond acceptors (Lipinski definition) is 3. The molecule has 2 aromatic rings. The zero-order valence-electron chi connectivity index (χ0n) is 13.9. The zero-order chi connectivity index (χ0) is 17.4. The number of halogens is 1. The third kappa shape index (κ3) is 5.77. The third-order valence-electron chi connectivity index (χ3n) is 3.69. The average Bonchev–Trinajstić information content (AvgIpc) is 2.61. The lowest BCUT2D eigenvalue weighted by atomic mass is 10.1. The van der Waals surface area contributed by atoms with Crippen molar-refractivity contribution in [2.75, 3.05) is 13.7 Å². The second kappa shape index (κ2) is 9.60. The summed E-state index contributed by atoms with van der Waals surface area (Å²) in [7, 11) is 1.65. The SMILES string of the molecule is COc1ccc(CCNC(=O)C(C)SCc2ccccc2Cl)cc1. The van der Waals surface area contributed by atoms with Gasteiger partial charge in [-0.05, 0) is 42.7 Å². The number of nitrogens with one attached hydrogen (secondary N) is 1. The minimum atomic E-state index is -0.114. The number of carbonyl (C=O) groups is 1. The highest BCUT2D eigenvalue weighted by Gasteiger charge is 2.13. The van der Waals surface area contributed by atoms with E-state index < -0.39 is 0 Å². The fraction of sp³-hybridized carbons (Fsp3) is 0.316. The van der Waals surface area contributed by atoms with Gasteiger partial charge in [-0.25, -0.2) is 0 Å². The number of methoxy groups -OCH3 is 1. The number of hydrogen-bond donors (Lipinski definition) is 1. The predicted molar refractivity (Wildman–Crippen MR) is 102 cm³/mol. The van der Waals surface area contributed by atoms with E-state index in [9.17, 15) is 4.79 Å². The van der Waals surface area contributed by atoms with Crippen molar-refractivity contribution in [2.45, 2.75) is 24.3 Å². The summed E-state index contributed by atoms with van der Waals surface area (Å²) in [6.45, 7) is 2.55. The molecule has 0 radical (unpaired) electrons. The van der Waals surface area contributed by atoms with Crippen molar-refractivity contribution in [3.05, 3.63) is 64.7 Å². The summed E-state index contributed by atoms with van der Waals surface area (Å²) in [5.41, 5.74) is 2.23. The molecule has 0 heterocycles. The molecular weight excluding hydrogens is 342 g/mol. The van der Waals surface area contributed by atoms with Crippen LogP contribution in [-0.4, -0.2) is 24.8 Å². The van der Waals surface area contributed by atoms with Crippen molar-refractivity contribution in [3.8, 4) is 5.75 Å². The Morgan fingerprint density at radius 2 is 1.92 bits per heavy atom. The van der Waals surface area contributed by atoms with Crippen LogP contribution in [0.2, 0.25) is 5.02 Å². The van der Waals surface area contributed by atoms with Crippen LogP contribution in [-0.2, 0) is 17.0 Å². The summed E-state index contributed by atoms with van der Waals surface area (Å²) in [4.78, 5) is 12.2. The molecule has 0 aliphatic heterocycles. The van der Waals surface area contributed by atoms with Gasteiger partial charge in [0.2, 0.25) is 5.91 Å². The van der Waals surface area contributed by atoms with Gasteiger partial charge in [-0.1, -0.05) is 41.9 Å². The number of carbonyl (C=O) groups excluding carboxylic acids is 1. The van der Waals surface area contributed by atoms with E-state index >= 15 is 0 Å². The van der Waals surface area contributed by atoms with Crippen molar-refractivity contribution in [1.82, 2.24) is 5.32 Å². The van der Waals surface area contributed by atoms with Gasteiger partial charge in [0.05, 0.1) is 12.4 Å². The van der Waals surface area contributed by atoms with E-state index in [4.69, 9.17) is 16.3 Å². The Kier molecular flexibility index (Phi) is 7.47. The summed E-state index contributed by atoms with van der Waals surface area (Å²) in [6, 6.07) is 15.6. The average molecular weight is 364 g/mol. The van der Waals surface area contributed by atoms with Crippen LogP contribution in [0.15, 0.2) is 48.5 Å². The van der Waals surface area contributed by atoms with E-state index in [-0.39, 0.29) is 11.2 Å². The molecule has 0 aliphatic rings. The molecule has 1 amide bonds. The molecule has 3 nitrogen and oxygen atoms in total. The van der Waals surface area contributed by atoms with Crippen LogP contribution in [0.4, 0.5) is 0 Å². The molecule has 5 heteroatoms. The summed E-state index contributed by atoms with van der Waals surface area (Å²) >= 11 is 7.73. The molecule has 1 atom stereocenters. The van der Waals surface area contributed by atoms with Crippen molar-refractivity contribution in [2.24, 2.45) is 0 Å². The maximum atomic E-state index is 12.2. The van der Waals surface area contributed by atoms with E-state index in [0.29, 0.717) is 6.54 Å². The van der Waals surface area contributed by atoms with Gasteiger partial charge in [-0.15, -0.1) is 11.8 Å². The molecular formula is C19H22ClNO2S. The lowest BCUT2D eigenvalue weighted by Gasteiger charge is -2.12. The van der Waals surface area contributed by atoms with Crippen molar-refractivity contribution < 1.29 is 9.53 Å². The highest BCUT2D eigenvalue weighted by atomic mass is 35.5. The van der Waals surface area contributed by atoms with E-state index in [2.05, 4.69) is 5.32 Å². The Bertz CT molecular complexity index is 661. The second-order valence-electron chi connectivity index (χ2n) is 5.43. The predicted octanol–water partition coefficient (Wildman–Crippen LogP) is 4.33. The minimum Gasteiger partial charge on any atom is -0.497 e. The molecule has 1 unspecified atom stereocenters. The molecule has 128 valence electrons. The molecule has 0 saturated heterocycles. The highest BCUT2D eigenvalue weighted by Crippen LogP contribution is 2.23. The smallest absolute Gasteiger partial charge is 0.232 e. The molecule has 0 saturated carbocycles. The monoisotopic (exact) mass is 363 g/mol. The Morgan fingerprint density at radius 3 is 2.58 bits per heavy atom. The van der Waals surface area contributed by atoms with Crippen LogP contribution >= 0.6 is 23.4 Å². The topological polar surface area (TPSA) is 38.3 Å². The first kappa shape index (κ1) is 18.7. The molecule has 2 rings (SSSR count). The van der Waals surface area contributed by atoms with Crippen LogP contribution in [0.1, 0.15) is 18.1 Å². The van der Waals surface area contributed by atoms with E-state index in [0.717, 1.165) is 28.5 Å². The first-order valence-electron chi connectivity index (χ1n) is 7.86. The maximum Gasteiger partial charge on any atom is 0.232 e. The third-order valence-corrected chi connectivity index (χ3v) is 5.25. The number of rotatable bonds is 8. The maximum absolute atomic E-state index is 12.2. The number of benzene rings is 2. The number of ether oxygens (including phenoxy) is 1. The molecule has 1 N–H and O–H groups in total. The highest BCUT2D eigenvalue weighted by molar-refractivity contribution is 7.99. The Balaban J connectivity index is 1.72. The Morgan fingerprint density at radius 1 is 1.21 bits per heavy atom. The van der Waals surface area contributed by atoms with Gasteiger partial charge in [0.15, 0.2) is 0 Å². The van der Waals surface area contributed by atoms with Gasteiger partial charge < -0.3 is 10.1 Å². The van der Waals surface area contributed by atoms with Gasteiger partial charge in [0.1, 0.15) is 5.75 Å². The lowest BCUT2D eigenvalue weighted by Crippen LogP contribution is -2.32. The Hall–Kier alpha value is -1.65. The van der Waals surface area contributed by atoms with Crippen LogP contribution < -0.4 is 10.1 Å². The van der Waals surface area contributed by atoms with Gasteiger partial charge in [0.25, 0.3) is 0 Å². The number of amides is 1. The second-order valence-corrected chi connectivity index (χ2v) is 7.17. The van der Waals surface area contributed by atoms with Crippen molar-refractivity contribution in [1.29, 1.82) is 0 Å². The van der Waals surface area contributed by atoms with Gasteiger partial charge in [-0.3, -0.25) is 4.79 Å². The van der Waals surface area contributed by atoms with Crippen LogP contribution in [0.25, 0.3) is 0 Å². The molecule has 2 aromatic carbocycles. The van der Waals surface area contributed by atoms with E-state index in [1.54, 1.807) is 18.9 Å². The quantitative estimate of drug-likeness (QED) is 0.758. The van der Waals surface area contributed by atoms with E-state index in [1.807, 2.05) is 55.5 Å². The Labute approximate surface area is 152 Å². The summed E-state index contributed by atoms with van der Waals surface area (Å²) in [5, 5.41) is 3.62. The van der Waals surface area contributed by atoms with Crippen LogP contribution in [0.3, 0.4) is 0 Å². The first-order valence-corrected chi connectivity index (χ1v) is 9.28. The fourth-order valence-electron chi connectivity index (χ4n) is 2.17. The van der Waals surface area contributed by atoms with Crippen LogP contribution in [0.5, 0.6) is 5.75 Å². The molecule has 0 bridgehead atoms. The van der Waals surface area contributed by atoms with E-state index in [1.165, 1.54) is 5.56 Å². The zero-order valence-corrected chi connectivity index (χ0v) is 15.5.